The molecule has 1 aromatic carbocycles. The summed E-state index contributed by atoms with van der Waals surface area (Å²) in [6, 6.07) is 10.2. The number of benzene rings is 1. The topological polar surface area (TPSA) is 67.6 Å². The van der Waals surface area contributed by atoms with Crippen LogP contribution in [0.3, 0.4) is 0 Å². The lowest BCUT2D eigenvalue weighted by Crippen LogP contribution is -2.03. The first-order valence-corrected chi connectivity index (χ1v) is 6.35. The number of nitrogens with zero attached hydrogens (tertiary/aromatic N) is 3. The molecule has 0 spiro atoms. The molecule has 0 saturated heterocycles. The molecule has 2 heterocycles. The average Bonchev–Trinajstić information content (AvgIpc) is 2.68. The molecule has 0 aliphatic heterocycles. The normalized spacial score (nSPS) is 10.7. The number of nitrogen functional groups attached to an aromatic ring is 1. The van der Waals surface area contributed by atoms with Crippen LogP contribution >= 0.6 is 0 Å². The first-order chi connectivity index (χ1) is 9.65. The van der Waals surface area contributed by atoms with Crippen molar-refractivity contribution in [1.29, 1.82) is 5.26 Å². The Morgan fingerprint density at radius 2 is 2.05 bits per heavy atom. The van der Waals surface area contributed by atoms with Gasteiger partial charge in [-0.1, -0.05) is 12.1 Å². The van der Waals surface area contributed by atoms with Crippen molar-refractivity contribution >= 4 is 16.6 Å². The van der Waals surface area contributed by atoms with Crippen LogP contribution in [0.25, 0.3) is 16.5 Å². The third-order valence-electron chi connectivity index (χ3n) is 3.76. The zero-order valence-electron chi connectivity index (χ0n) is 11.4. The molecule has 0 unspecified atom stereocenters. The summed E-state index contributed by atoms with van der Waals surface area (Å²) in [4.78, 5) is 4.19. The molecule has 20 heavy (non-hydrogen) atoms. The predicted molar refractivity (Wildman–Crippen MR) is 79.7 cm³/mol. The Labute approximate surface area is 117 Å². The fourth-order valence-electron chi connectivity index (χ4n) is 2.58. The molecular formula is C16H14N4. The van der Waals surface area contributed by atoms with Crippen molar-refractivity contribution in [1.82, 2.24) is 9.55 Å². The van der Waals surface area contributed by atoms with Gasteiger partial charge < -0.3 is 5.73 Å². The molecule has 4 nitrogen and oxygen atoms in total. The van der Waals surface area contributed by atoms with Crippen LogP contribution in [0.4, 0.5) is 5.82 Å². The maximum absolute atomic E-state index is 9.24. The van der Waals surface area contributed by atoms with Gasteiger partial charge in [0.15, 0.2) is 0 Å². The Balaban J connectivity index is 2.41. The maximum atomic E-state index is 9.24. The lowest BCUT2D eigenvalue weighted by Gasteiger charge is -2.12. The number of nitrogens with two attached hydrogens (primary N) is 1. The van der Waals surface area contributed by atoms with Gasteiger partial charge in [-0.25, -0.2) is 0 Å². The van der Waals surface area contributed by atoms with Gasteiger partial charge in [0.25, 0.3) is 0 Å². The third kappa shape index (κ3) is 1.57. The van der Waals surface area contributed by atoms with Crippen molar-refractivity contribution in [2.45, 2.75) is 13.8 Å². The number of aromatic nitrogens is 2. The first-order valence-electron chi connectivity index (χ1n) is 6.35. The number of pyridine rings is 1. The summed E-state index contributed by atoms with van der Waals surface area (Å²) in [5.41, 5.74) is 9.56. The highest BCUT2D eigenvalue weighted by Crippen LogP contribution is 2.30. The molecule has 0 atom stereocenters. The highest BCUT2D eigenvalue weighted by atomic mass is 15.1. The van der Waals surface area contributed by atoms with Gasteiger partial charge in [0.2, 0.25) is 0 Å². The van der Waals surface area contributed by atoms with Crippen LogP contribution < -0.4 is 5.73 Å². The van der Waals surface area contributed by atoms with Gasteiger partial charge in [0, 0.05) is 23.5 Å². The minimum Gasteiger partial charge on any atom is -0.384 e. The SMILES string of the molecule is Cc1c(C#N)c(N)n(-c2cccc3ccncc23)c1C. The Morgan fingerprint density at radius 1 is 1.25 bits per heavy atom. The van der Waals surface area contributed by atoms with Gasteiger partial charge in [-0.2, -0.15) is 5.26 Å². The van der Waals surface area contributed by atoms with E-state index in [1.807, 2.05) is 48.9 Å². The highest BCUT2D eigenvalue weighted by molar-refractivity contribution is 5.90. The Kier molecular flexibility index (Phi) is 2.69. The Morgan fingerprint density at radius 3 is 2.75 bits per heavy atom. The summed E-state index contributed by atoms with van der Waals surface area (Å²) in [6.07, 6.45) is 3.59. The van der Waals surface area contributed by atoms with E-state index in [0.29, 0.717) is 11.4 Å². The van der Waals surface area contributed by atoms with Crippen LogP contribution in [0, 0.1) is 25.2 Å². The van der Waals surface area contributed by atoms with E-state index in [1.54, 1.807) is 6.20 Å². The number of hydrogen-bond acceptors (Lipinski definition) is 3. The van der Waals surface area contributed by atoms with Crippen molar-refractivity contribution in [3.63, 3.8) is 0 Å². The van der Waals surface area contributed by atoms with Crippen LogP contribution in [0.15, 0.2) is 36.7 Å². The zero-order valence-corrected chi connectivity index (χ0v) is 11.4. The van der Waals surface area contributed by atoms with Crippen molar-refractivity contribution in [3.05, 3.63) is 53.5 Å². The lowest BCUT2D eigenvalue weighted by atomic mass is 10.1. The van der Waals surface area contributed by atoms with E-state index in [4.69, 9.17) is 5.73 Å². The third-order valence-corrected chi connectivity index (χ3v) is 3.76. The second-order valence-electron chi connectivity index (χ2n) is 4.79. The molecule has 0 fully saturated rings. The fourth-order valence-corrected chi connectivity index (χ4v) is 2.58. The number of rotatable bonds is 1. The average molecular weight is 262 g/mol. The largest absolute Gasteiger partial charge is 0.384 e. The van der Waals surface area contributed by atoms with Gasteiger partial charge in [-0.15, -0.1) is 0 Å². The summed E-state index contributed by atoms with van der Waals surface area (Å²) in [7, 11) is 0. The Bertz CT molecular complexity index is 848. The molecule has 0 radical (unpaired) electrons. The molecule has 2 aromatic heterocycles. The molecule has 0 aliphatic rings. The summed E-state index contributed by atoms with van der Waals surface area (Å²) >= 11 is 0. The van der Waals surface area contributed by atoms with E-state index in [9.17, 15) is 5.26 Å². The molecule has 98 valence electrons. The van der Waals surface area contributed by atoms with Crippen molar-refractivity contribution < 1.29 is 0 Å². The lowest BCUT2D eigenvalue weighted by molar-refractivity contribution is 1.02. The van der Waals surface area contributed by atoms with Crippen LogP contribution in [-0.2, 0) is 0 Å². The summed E-state index contributed by atoms with van der Waals surface area (Å²) in [5, 5.41) is 11.4. The molecule has 0 amide bonds. The number of hydrogen-bond donors (Lipinski definition) is 1. The summed E-state index contributed by atoms with van der Waals surface area (Å²) in [5.74, 6) is 0.485. The van der Waals surface area contributed by atoms with E-state index in [0.717, 1.165) is 27.7 Å². The fraction of sp³-hybridized carbons (Fsp3) is 0.125. The number of nitriles is 1. The van der Waals surface area contributed by atoms with E-state index in [-0.39, 0.29) is 0 Å². The predicted octanol–water partition coefficient (Wildman–Crippen LogP) is 3.10. The zero-order chi connectivity index (χ0) is 14.3. The molecule has 0 bridgehead atoms. The van der Waals surface area contributed by atoms with E-state index < -0.39 is 0 Å². The monoisotopic (exact) mass is 262 g/mol. The van der Waals surface area contributed by atoms with Gasteiger partial charge in [-0.3, -0.25) is 9.55 Å². The molecule has 4 heteroatoms. The maximum Gasteiger partial charge on any atom is 0.126 e. The molecular weight excluding hydrogens is 248 g/mol. The van der Waals surface area contributed by atoms with Crippen molar-refractivity contribution in [3.8, 4) is 11.8 Å². The van der Waals surface area contributed by atoms with Crippen LogP contribution in [0.1, 0.15) is 16.8 Å². The molecule has 3 aromatic rings. The van der Waals surface area contributed by atoms with Crippen molar-refractivity contribution in [2.24, 2.45) is 0 Å². The van der Waals surface area contributed by atoms with Crippen LogP contribution in [-0.4, -0.2) is 9.55 Å². The quantitative estimate of drug-likeness (QED) is 0.732. The minimum absolute atomic E-state index is 0.485. The second kappa shape index (κ2) is 4.39. The minimum atomic E-state index is 0.485. The first kappa shape index (κ1) is 12.2. The summed E-state index contributed by atoms with van der Waals surface area (Å²) < 4.78 is 1.93. The van der Waals surface area contributed by atoms with Gasteiger partial charge in [0.05, 0.1) is 11.3 Å². The molecule has 0 saturated carbocycles. The highest BCUT2D eigenvalue weighted by Gasteiger charge is 2.17. The van der Waals surface area contributed by atoms with Crippen molar-refractivity contribution in [2.75, 3.05) is 5.73 Å². The van der Waals surface area contributed by atoms with E-state index in [2.05, 4.69) is 11.1 Å². The standard InChI is InChI=1S/C16H14N4/c1-10-11(2)20(16(18)13(10)8-17)15-5-3-4-12-6-7-19-9-14(12)15/h3-7,9H,18H2,1-2H3. The summed E-state index contributed by atoms with van der Waals surface area (Å²) in [6.45, 7) is 3.89. The number of fused-ring (bicyclic) bond motifs is 1. The van der Waals surface area contributed by atoms with E-state index >= 15 is 0 Å². The number of anilines is 1. The van der Waals surface area contributed by atoms with Gasteiger partial charge in [-0.05, 0) is 36.9 Å². The molecule has 3 rings (SSSR count). The molecule has 2 N–H and O–H groups in total. The Hall–Kier alpha value is -2.80. The second-order valence-corrected chi connectivity index (χ2v) is 4.79. The molecule has 0 aliphatic carbocycles. The smallest absolute Gasteiger partial charge is 0.126 e. The van der Waals surface area contributed by atoms with E-state index in [1.165, 1.54) is 0 Å². The van der Waals surface area contributed by atoms with Crippen LogP contribution in [0.2, 0.25) is 0 Å². The van der Waals surface area contributed by atoms with Crippen LogP contribution in [0.5, 0.6) is 0 Å². The van der Waals surface area contributed by atoms with Gasteiger partial charge in [0.1, 0.15) is 11.9 Å². The van der Waals surface area contributed by atoms with Gasteiger partial charge >= 0.3 is 0 Å².